The molecule has 1 rings (SSSR count). The molecule has 124 valence electrons. The van der Waals surface area contributed by atoms with Crippen LogP contribution < -0.4 is 5.56 Å². The minimum Gasteiger partial charge on any atom is -0.462 e. The molecule has 0 fully saturated rings. The molecule has 0 bridgehead atoms. The van der Waals surface area contributed by atoms with Gasteiger partial charge in [-0.3, -0.25) is 9.59 Å². The first-order chi connectivity index (χ1) is 10.3. The third kappa shape index (κ3) is 6.30. The summed E-state index contributed by atoms with van der Waals surface area (Å²) in [5, 5.41) is 0. The van der Waals surface area contributed by atoms with Gasteiger partial charge in [-0.05, 0) is 12.5 Å². The molecule has 0 atom stereocenters. The number of aromatic nitrogens is 1. The van der Waals surface area contributed by atoms with Gasteiger partial charge >= 0.3 is 12.1 Å². The number of alkyl halides is 3. The first kappa shape index (κ1) is 18.2. The third-order valence-corrected chi connectivity index (χ3v) is 2.74. The van der Waals surface area contributed by atoms with Crippen molar-refractivity contribution in [2.45, 2.75) is 32.5 Å². The smallest absolute Gasteiger partial charge is 0.417 e. The van der Waals surface area contributed by atoms with Gasteiger partial charge in [0.15, 0.2) is 0 Å². The van der Waals surface area contributed by atoms with Gasteiger partial charge in [0.05, 0.1) is 12.2 Å². The van der Waals surface area contributed by atoms with E-state index in [1.165, 1.54) is 0 Å². The molecule has 0 aliphatic heterocycles. The largest absolute Gasteiger partial charge is 0.462 e. The predicted molar refractivity (Wildman–Crippen MR) is 72.4 cm³/mol. The number of ether oxygens (including phenoxy) is 2. The number of unbranched alkanes of at least 4 members (excludes halogenated alkanes) is 1. The summed E-state index contributed by atoms with van der Waals surface area (Å²) in [5.74, 6) is -0.791. The lowest BCUT2D eigenvalue weighted by Crippen LogP contribution is -2.26. The number of rotatable bonds is 8. The van der Waals surface area contributed by atoms with Gasteiger partial charge in [0.2, 0.25) is 0 Å². The van der Waals surface area contributed by atoms with Crippen molar-refractivity contribution in [1.29, 1.82) is 0 Å². The van der Waals surface area contributed by atoms with Crippen molar-refractivity contribution < 1.29 is 27.4 Å². The zero-order chi connectivity index (χ0) is 16.6. The minimum absolute atomic E-state index is 0.00371. The summed E-state index contributed by atoms with van der Waals surface area (Å²) in [6, 6.07) is 1.44. The second-order valence-electron chi connectivity index (χ2n) is 4.57. The Balaban J connectivity index is 2.49. The average molecular weight is 321 g/mol. The van der Waals surface area contributed by atoms with Crippen molar-refractivity contribution in [2.24, 2.45) is 0 Å². The number of carbonyl (C=O) groups is 1. The quantitative estimate of drug-likeness (QED) is 0.544. The Kier molecular flexibility index (Phi) is 7.10. The number of hydrogen-bond acceptors (Lipinski definition) is 4. The molecule has 0 aromatic carbocycles. The van der Waals surface area contributed by atoms with Gasteiger partial charge in [0.25, 0.3) is 5.56 Å². The van der Waals surface area contributed by atoms with E-state index in [0.717, 1.165) is 18.9 Å². The Morgan fingerprint density at radius 1 is 1.23 bits per heavy atom. The van der Waals surface area contributed by atoms with E-state index in [0.29, 0.717) is 23.4 Å². The van der Waals surface area contributed by atoms with Crippen LogP contribution in [0.1, 0.15) is 25.3 Å². The van der Waals surface area contributed by atoms with Gasteiger partial charge in [-0.2, -0.15) is 13.2 Å². The first-order valence-corrected chi connectivity index (χ1v) is 6.85. The van der Waals surface area contributed by atoms with Crippen LogP contribution in [0.4, 0.5) is 13.2 Å². The lowest BCUT2D eigenvalue weighted by molar-refractivity contribution is -0.146. The van der Waals surface area contributed by atoms with Crippen LogP contribution >= 0.6 is 0 Å². The Morgan fingerprint density at radius 2 is 1.95 bits per heavy atom. The highest BCUT2D eigenvalue weighted by molar-refractivity contribution is 5.69. The van der Waals surface area contributed by atoms with Crippen molar-refractivity contribution in [3.63, 3.8) is 0 Å². The van der Waals surface area contributed by atoms with Gasteiger partial charge in [-0.25, -0.2) is 0 Å². The summed E-state index contributed by atoms with van der Waals surface area (Å²) in [6.07, 6.45) is -2.10. The van der Waals surface area contributed by atoms with Crippen LogP contribution in [-0.4, -0.2) is 30.4 Å². The van der Waals surface area contributed by atoms with E-state index in [2.05, 4.69) is 0 Å². The van der Waals surface area contributed by atoms with Crippen LogP contribution in [-0.2, 0) is 27.0 Å². The molecule has 5 nitrogen and oxygen atoms in total. The number of pyridine rings is 1. The Hall–Kier alpha value is -1.83. The second kappa shape index (κ2) is 8.57. The summed E-state index contributed by atoms with van der Waals surface area (Å²) < 4.78 is 48.3. The Bertz CT molecular complexity index is 540. The molecular formula is C14H18F3NO4. The monoisotopic (exact) mass is 321 g/mol. The minimum atomic E-state index is -4.58. The maximum absolute atomic E-state index is 12.5. The highest BCUT2D eigenvalue weighted by atomic mass is 19.4. The average Bonchev–Trinajstić information content (AvgIpc) is 2.44. The summed E-state index contributed by atoms with van der Waals surface area (Å²) >= 11 is 0. The van der Waals surface area contributed by atoms with E-state index < -0.39 is 29.8 Å². The molecule has 0 radical (unpaired) electrons. The van der Waals surface area contributed by atoms with Crippen molar-refractivity contribution in [2.75, 3.05) is 19.8 Å². The molecule has 8 heteroatoms. The van der Waals surface area contributed by atoms with E-state index in [1.54, 1.807) is 0 Å². The number of halogens is 3. The van der Waals surface area contributed by atoms with E-state index >= 15 is 0 Å². The zero-order valence-electron chi connectivity index (χ0n) is 12.2. The highest BCUT2D eigenvalue weighted by Crippen LogP contribution is 2.27. The summed E-state index contributed by atoms with van der Waals surface area (Å²) in [4.78, 5) is 22.9. The van der Waals surface area contributed by atoms with Gasteiger partial charge in [0, 0.05) is 18.9 Å². The highest BCUT2D eigenvalue weighted by Gasteiger charge is 2.31. The fourth-order valence-corrected chi connectivity index (χ4v) is 1.57. The zero-order valence-corrected chi connectivity index (χ0v) is 12.2. The van der Waals surface area contributed by atoms with Crippen LogP contribution in [0.25, 0.3) is 0 Å². The molecule has 22 heavy (non-hydrogen) atoms. The molecule has 0 N–H and O–H groups in total. The van der Waals surface area contributed by atoms with E-state index in [9.17, 15) is 22.8 Å². The first-order valence-electron chi connectivity index (χ1n) is 6.85. The molecule has 1 aromatic rings. The van der Waals surface area contributed by atoms with Gasteiger partial charge < -0.3 is 14.0 Å². The van der Waals surface area contributed by atoms with Crippen LogP contribution in [0.5, 0.6) is 0 Å². The number of nitrogens with zero attached hydrogens (tertiary/aromatic N) is 1. The molecule has 0 spiro atoms. The molecule has 0 unspecified atom stereocenters. The number of esters is 1. The third-order valence-electron chi connectivity index (χ3n) is 2.74. The summed E-state index contributed by atoms with van der Waals surface area (Å²) in [5.41, 5.74) is -1.70. The normalized spacial score (nSPS) is 11.5. The lowest BCUT2D eigenvalue weighted by Gasteiger charge is -2.10. The molecule has 0 saturated heterocycles. The van der Waals surface area contributed by atoms with Crippen molar-refractivity contribution in [1.82, 2.24) is 4.57 Å². The van der Waals surface area contributed by atoms with E-state index in [1.807, 2.05) is 6.92 Å². The van der Waals surface area contributed by atoms with Crippen LogP contribution in [0.3, 0.4) is 0 Å². The van der Waals surface area contributed by atoms with Crippen LogP contribution in [0, 0.1) is 0 Å². The van der Waals surface area contributed by atoms with Crippen LogP contribution in [0.2, 0.25) is 0 Å². The second-order valence-corrected chi connectivity index (χ2v) is 4.57. The molecule has 0 aliphatic rings. The van der Waals surface area contributed by atoms with Gasteiger partial charge in [-0.15, -0.1) is 0 Å². The SMILES string of the molecule is CCCCOCCOC(=O)Cn1cc(C(F)(F)F)ccc1=O. The van der Waals surface area contributed by atoms with Gasteiger partial charge in [-0.1, -0.05) is 13.3 Å². The molecule has 1 aromatic heterocycles. The van der Waals surface area contributed by atoms with E-state index in [4.69, 9.17) is 9.47 Å². The fourth-order valence-electron chi connectivity index (χ4n) is 1.57. The molecule has 0 aliphatic carbocycles. The van der Waals surface area contributed by atoms with Crippen LogP contribution in [0.15, 0.2) is 23.1 Å². The van der Waals surface area contributed by atoms with Crippen molar-refractivity contribution in [3.05, 3.63) is 34.2 Å². The summed E-state index contributed by atoms with van der Waals surface area (Å²) in [7, 11) is 0. The van der Waals surface area contributed by atoms with E-state index in [-0.39, 0.29) is 13.2 Å². The summed E-state index contributed by atoms with van der Waals surface area (Å²) in [6.45, 7) is 2.20. The Labute approximate surface area is 125 Å². The molecule has 0 saturated carbocycles. The standard InChI is InChI=1S/C14H18F3NO4/c1-2-3-6-21-7-8-22-13(20)10-18-9-11(14(15,16)17)4-5-12(18)19/h4-5,9H,2-3,6-8,10H2,1H3. The fraction of sp³-hybridized carbons (Fsp3) is 0.571. The molecule has 1 heterocycles. The lowest BCUT2D eigenvalue weighted by atomic mass is 10.3. The molecule has 0 amide bonds. The Morgan fingerprint density at radius 3 is 2.59 bits per heavy atom. The number of carbonyl (C=O) groups excluding carboxylic acids is 1. The van der Waals surface area contributed by atoms with Gasteiger partial charge in [0.1, 0.15) is 13.2 Å². The molecular weight excluding hydrogens is 303 g/mol. The maximum Gasteiger partial charge on any atom is 0.417 e. The van der Waals surface area contributed by atoms with Crippen molar-refractivity contribution >= 4 is 5.97 Å². The predicted octanol–water partition coefficient (Wildman–Crippen LogP) is 2.23. The topological polar surface area (TPSA) is 57.5 Å². The number of hydrogen-bond donors (Lipinski definition) is 0. The maximum atomic E-state index is 12.5. The van der Waals surface area contributed by atoms with Crippen molar-refractivity contribution in [3.8, 4) is 0 Å².